The summed E-state index contributed by atoms with van der Waals surface area (Å²) in [5.74, 6) is 0.125. The van der Waals surface area contributed by atoms with Crippen LogP contribution in [0.5, 0.6) is 0 Å². The molecule has 2 saturated carbocycles. The van der Waals surface area contributed by atoms with Crippen molar-refractivity contribution >= 4 is 5.91 Å². The van der Waals surface area contributed by atoms with Crippen molar-refractivity contribution in [2.24, 2.45) is 5.41 Å². The van der Waals surface area contributed by atoms with Crippen molar-refractivity contribution in [2.45, 2.75) is 76.2 Å². The molecule has 26 heavy (non-hydrogen) atoms. The molecule has 1 amide bonds. The molecule has 134 valence electrons. The predicted octanol–water partition coefficient (Wildman–Crippen LogP) is 2.82. The summed E-state index contributed by atoms with van der Waals surface area (Å²) in [4.78, 5) is 22.5. The number of fused-ring (bicyclic) bond motifs is 5. The van der Waals surface area contributed by atoms with Crippen molar-refractivity contribution in [2.75, 3.05) is 0 Å². The van der Waals surface area contributed by atoms with Crippen LogP contribution >= 0.6 is 0 Å². The summed E-state index contributed by atoms with van der Waals surface area (Å²) in [6.07, 6.45) is 7.20. The maximum Gasteiger partial charge on any atom is 0.233 e. The molecule has 1 heterocycles. The van der Waals surface area contributed by atoms with Crippen LogP contribution in [-0.2, 0) is 10.2 Å². The van der Waals surface area contributed by atoms with Gasteiger partial charge in [-0.25, -0.2) is 9.97 Å². The third kappa shape index (κ3) is 2.05. The summed E-state index contributed by atoms with van der Waals surface area (Å²) in [5.41, 5.74) is 0.390. The first kappa shape index (κ1) is 17.0. The fourth-order valence-electron chi connectivity index (χ4n) is 5.47. The number of nitriles is 2. The molecular weight excluding hydrogens is 326 g/mol. The average molecular weight is 349 g/mol. The van der Waals surface area contributed by atoms with Crippen molar-refractivity contribution in [1.82, 2.24) is 15.3 Å². The molecule has 6 heteroatoms. The second-order valence-electron chi connectivity index (χ2n) is 8.40. The Balaban J connectivity index is 1.79. The van der Waals surface area contributed by atoms with Crippen LogP contribution in [0.2, 0.25) is 0 Å². The molecule has 3 aliphatic rings. The van der Waals surface area contributed by atoms with E-state index in [9.17, 15) is 15.3 Å². The van der Waals surface area contributed by atoms with E-state index in [0.717, 1.165) is 44.2 Å². The Kier molecular flexibility index (Phi) is 3.77. The molecule has 1 aromatic rings. The highest BCUT2D eigenvalue weighted by molar-refractivity contribution is 5.91. The predicted molar refractivity (Wildman–Crippen MR) is 93.9 cm³/mol. The molecule has 4 rings (SSSR count). The molecule has 2 unspecified atom stereocenters. The highest BCUT2D eigenvalue weighted by Crippen LogP contribution is 2.67. The van der Waals surface area contributed by atoms with Gasteiger partial charge in [-0.3, -0.25) is 4.79 Å². The Labute approximate surface area is 153 Å². The number of rotatable bonds is 2. The minimum atomic E-state index is -0.753. The SMILES string of the molecule is CC1(C)C2CCC1(C(=O)NC1CCCCC1)c1nc(C#N)c(C#N)nc12. The van der Waals surface area contributed by atoms with Gasteiger partial charge >= 0.3 is 0 Å². The third-order valence-electron chi connectivity index (χ3n) is 6.98. The average Bonchev–Trinajstić information content (AvgIpc) is 3.03. The smallest absolute Gasteiger partial charge is 0.233 e. The lowest BCUT2D eigenvalue weighted by atomic mass is 9.67. The van der Waals surface area contributed by atoms with E-state index in [1.165, 1.54) is 6.42 Å². The van der Waals surface area contributed by atoms with Crippen molar-refractivity contribution < 1.29 is 4.79 Å². The maximum absolute atomic E-state index is 13.5. The molecule has 1 aromatic heterocycles. The lowest BCUT2D eigenvalue weighted by Crippen LogP contribution is -2.52. The Morgan fingerprint density at radius 3 is 2.38 bits per heavy atom. The number of hydrogen-bond acceptors (Lipinski definition) is 5. The quantitative estimate of drug-likeness (QED) is 0.884. The standard InChI is InChI=1S/C20H23N5O/c1-19(2)13-8-9-20(19,18(26)23-12-6-4-3-5-7-12)17-16(13)24-14(10-21)15(11-22)25-17/h12-13H,3-9H2,1-2H3,(H,23,26). The normalized spacial score (nSPS) is 28.8. The second-order valence-corrected chi connectivity index (χ2v) is 8.40. The molecule has 1 N–H and O–H groups in total. The van der Waals surface area contributed by atoms with Gasteiger partial charge in [-0.15, -0.1) is 0 Å². The number of carbonyl (C=O) groups excluding carboxylic acids is 1. The van der Waals surface area contributed by atoms with Gasteiger partial charge in [0.2, 0.25) is 5.91 Å². The van der Waals surface area contributed by atoms with Crippen LogP contribution in [0.4, 0.5) is 0 Å². The van der Waals surface area contributed by atoms with Crippen molar-refractivity contribution in [3.63, 3.8) is 0 Å². The summed E-state index contributed by atoms with van der Waals surface area (Å²) in [5, 5.41) is 21.9. The molecule has 3 aliphatic carbocycles. The van der Waals surface area contributed by atoms with E-state index < -0.39 is 5.41 Å². The molecule has 0 aliphatic heterocycles. The summed E-state index contributed by atoms with van der Waals surface area (Å²) in [6.45, 7) is 4.21. The molecule has 0 aromatic carbocycles. The molecule has 2 bridgehead atoms. The first-order valence-corrected chi connectivity index (χ1v) is 9.49. The van der Waals surface area contributed by atoms with Gasteiger partial charge < -0.3 is 5.32 Å². The van der Waals surface area contributed by atoms with Crippen LogP contribution in [0.15, 0.2) is 0 Å². The van der Waals surface area contributed by atoms with Crippen LogP contribution in [0.25, 0.3) is 0 Å². The molecule has 0 spiro atoms. The van der Waals surface area contributed by atoms with Gasteiger partial charge in [0, 0.05) is 12.0 Å². The van der Waals surface area contributed by atoms with E-state index in [0.29, 0.717) is 5.69 Å². The van der Waals surface area contributed by atoms with Gasteiger partial charge in [0.05, 0.1) is 16.8 Å². The van der Waals surface area contributed by atoms with Crippen LogP contribution in [0.1, 0.15) is 87.5 Å². The Morgan fingerprint density at radius 1 is 1.08 bits per heavy atom. The minimum absolute atomic E-state index is 0.0264. The molecule has 2 fully saturated rings. The Hall–Kier alpha value is -2.47. The van der Waals surface area contributed by atoms with E-state index >= 15 is 0 Å². The monoisotopic (exact) mass is 349 g/mol. The van der Waals surface area contributed by atoms with Crippen LogP contribution in [-0.4, -0.2) is 21.9 Å². The molecule has 6 nitrogen and oxygen atoms in total. The highest BCUT2D eigenvalue weighted by Gasteiger charge is 2.68. The fraction of sp³-hybridized carbons (Fsp3) is 0.650. The number of hydrogen-bond donors (Lipinski definition) is 1. The number of nitrogens with one attached hydrogen (secondary N) is 1. The molecule has 0 radical (unpaired) electrons. The zero-order valence-electron chi connectivity index (χ0n) is 15.3. The lowest BCUT2D eigenvalue weighted by molar-refractivity contribution is -0.131. The van der Waals surface area contributed by atoms with Gasteiger partial charge in [-0.2, -0.15) is 10.5 Å². The van der Waals surface area contributed by atoms with Gasteiger partial charge in [-0.1, -0.05) is 33.1 Å². The number of aromatic nitrogens is 2. The highest BCUT2D eigenvalue weighted by atomic mass is 16.2. The minimum Gasteiger partial charge on any atom is -0.353 e. The largest absolute Gasteiger partial charge is 0.353 e. The molecular formula is C20H23N5O. The van der Waals surface area contributed by atoms with Crippen molar-refractivity contribution in [3.8, 4) is 12.1 Å². The lowest BCUT2D eigenvalue weighted by Gasteiger charge is -2.38. The van der Waals surface area contributed by atoms with E-state index in [1.807, 2.05) is 12.1 Å². The summed E-state index contributed by atoms with van der Waals surface area (Å²) in [7, 11) is 0. The van der Waals surface area contributed by atoms with E-state index in [2.05, 4.69) is 29.1 Å². The first-order valence-electron chi connectivity index (χ1n) is 9.49. The van der Waals surface area contributed by atoms with E-state index in [1.54, 1.807) is 0 Å². The zero-order chi connectivity index (χ0) is 18.5. The number of nitrogens with zero attached hydrogens (tertiary/aromatic N) is 4. The summed E-state index contributed by atoms with van der Waals surface area (Å²) in [6, 6.07) is 4.17. The van der Waals surface area contributed by atoms with E-state index in [4.69, 9.17) is 0 Å². The summed E-state index contributed by atoms with van der Waals surface area (Å²) >= 11 is 0. The van der Waals surface area contributed by atoms with Crippen LogP contribution < -0.4 is 5.32 Å². The van der Waals surface area contributed by atoms with Gasteiger partial charge in [-0.05, 0) is 31.1 Å². The number of carbonyl (C=O) groups is 1. The molecule has 0 saturated heterocycles. The Morgan fingerprint density at radius 2 is 1.73 bits per heavy atom. The van der Waals surface area contributed by atoms with Crippen LogP contribution in [0.3, 0.4) is 0 Å². The Bertz CT molecular complexity index is 856. The number of amides is 1. The van der Waals surface area contributed by atoms with Crippen LogP contribution in [0, 0.1) is 28.1 Å². The first-order chi connectivity index (χ1) is 12.5. The van der Waals surface area contributed by atoms with E-state index in [-0.39, 0.29) is 34.7 Å². The van der Waals surface area contributed by atoms with Crippen molar-refractivity contribution in [3.05, 3.63) is 22.8 Å². The summed E-state index contributed by atoms with van der Waals surface area (Å²) < 4.78 is 0. The second kappa shape index (κ2) is 5.77. The van der Waals surface area contributed by atoms with Crippen molar-refractivity contribution in [1.29, 1.82) is 10.5 Å². The molecule has 2 atom stereocenters. The third-order valence-corrected chi connectivity index (χ3v) is 6.98. The van der Waals surface area contributed by atoms with Gasteiger partial charge in [0.1, 0.15) is 12.1 Å². The maximum atomic E-state index is 13.5. The fourth-order valence-corrected chi connectivity index (χ4v) is 5.47. The topological polar surface area (TPSA) is 102 Å². The van der Waals surface area contributed by atoms with Gasteiger partial charge in [0.15, 0.2) is 11.4 Å². The van der Waals surface area contributed by atoms with Gasteiger partial charge in [0.25, 0.3) is 0 Å². The zero-order valence-corrected chi connectivity index (χ0v) is 15.3.